The maximum Gasteiger partial charge on any atom is 0.267 e. The Morgan fingerprint density at radius 1 is 1.12 bits per heavy atom. The molecule has 7 heteroatoms. The van der Waals surface area contributed by atoms with Gasteiger partial charge in [0.25, 0.3) is 5.91 Å². The van der Waals surface area contributed by atoms with Crippen LogP contribution in [0.2, 0.25) is 0 Å². The van der Waals surface area contributed by atoms with Crippen LogP contribution in [0.5, 0.6) is 11.5 Å². The van der Waals surface area contributed by atoms with Crippen LogP contribution in [0.15, 0.2) is 24.3 Å². The van der Waals surface area contributed by atoms with E-state index in [0.29, 0.717) is 41.8 Å². The van der Waals surface area contributed by atoms with Crippen LogP contribution in [-0.2, 0) is 0 Å². The number of benzene rings is 1. The molecule has 0 radical (unpaired) electrons. The van der Waals surface area contributed by atoms with E-state index in [0.717, 1.165) is 0 Å². The molecule has 0 bridgehead atoms. The van der Waals surface area contributed by atoms with E-state index in [1.54, 1.807) is 32.4 Å². The Labute approximate surface area is 141 Å². The zero-order chi connectivity index (χ0) is 17.7. The molecule has 0 aliphatic carbocycles. The summed E-state index contributed by atoms with van der Waals surface area (Å²) in [5.74, 6) is 1.02. The molecular weight excluding hydrogens is 308 g/mol. The zero-order valence-corrected chi connectivity index (χ0v) is 14.4. The number of rotatable bonds is 7. The summed E-state index contributed by atoms with van der Waals surface area (Å²) in [4.78, 5) is 22.5. The number of nitrogens with zero attached hydrogens (tertiary/aromatic N) is 3. The number of carbonyl (C=O) groups excluding carboxylic acids is 1. The van der Waals surface area contributed by atoms with Crippen molar-refractivity contribution in [2.24, 2.45) is 5.73 Å². The molecule has 2 rings (SSSR count). The van der Waals surface area contributed by atoms with Crippen LogP contribution < -0.4 is 20.1 Å². The first-order chi connectivity index (χ1) is 11.5. The number of methoxy groups -OCH3 is 2. The normalized spacial score (nSPS) is 10.3. The molecule has 0 aliphatic rings. The Morgan fingerprint density at radius 3 is 2.17 bits per heavy atom. The van der Waals surface area contributed by atoms with E-state index in [4.69, 9.17) is 15.2 Å². The fraction of sp³-hybridized carbons (Fsp3) is 0.353. The van der Waals surface area contributed by atoms with Gasteiger partial charge in [0.1, 0.15) is 17.2 Å². The minimum Gasteiger partial charge on any atom is -0.496 e. The first-order valence-electron chi connectivity index (χ1n) is 7.70. The van der Waals surface area contributed by atoms with Crippen LogP contribution in [-0.4, -0.2) is 43.2 Å². The summed E-state index contributed by atoms with van der Waals surface area (Å²) in [7, 11) is 3.14. The number of primary amides is 1. The van der Waals surface area contributed by atoms with E-state index in [9.17, 15) is 4.79 Å². The summed E-state index contributed by atoms with van der Waals surface area (Å²) in [5.41, 5.74) is 6.77. The summed E-state index contributed by atoms with van der Waals surface area (Å²) < 4.78 is 10.9. The van der Waals surface area contributed by atoms with E-state index in [1.807, 2.05) is 24.8 Å². The molecule has 0 unspecified atom stereocenters. The highest BCUT2D eigenvalue weighted by molar-refractivity contribution is 5.92. The largest absolute Gasteiger partial charge is 0.496 e. The van der Waals surface area contributed by atoms with Crippen molar-refractivity contribution in [2.45, 2.75) is 13.8 Å². The molecule has 1 amide bonds. The summed E-state index contributed by atoms with van der Waals surface area (Å²) in [6.07, 6.45) is 0. The smallest absolute Gasteiger partial charge is 0.267 e. The highest BCUT2D eigenvalue weighted by Gasteiger charge is 2.19. The first kappa shape index (κ1) is 17.5. The Balaban J connectivity index is 2.72. The van der Waals surface area contributed by atoms with Gasteiger partial charge in [-0.1, -0.05) is 6.07 Å². The first-order valence-corrected chi connectivity index (χ1v) is 7.70. The number of ether oxygens (including phenoxy) is 2. The van der Waals surface area contributed by atoms with Gasteiger partial charge >= 0.3 is 0 Å². The maximum absolute atomic E-state index is 11.7. The van der Waals surface area contributed by atoms with E-state index in [-0.39, 0.29) is 5.69 Å². The van der Waals surface area contributed by atoms with Crippen molar-refractivity contribution in [3.8, 4) is 22.8 Å². The minimum atomic E-state index is -0.610. The Bertz CT molecular complexity index is 708. The second kappa shape index (κ2) is 7.63. The lowest BCUT2D eigenvalue weighted by Crippen LogP contribution is -2.26. The fourth-order valence-corrected chi connectivity index (χ4v) is 2.44. The van der Waals surface area contributed by atoms with Crippen LogP contribution in [0.1, 0.15) is 24.3 Å². The number of nitrogens with two attached hydrogens (primary N) is 1. The number of hydrogen-bond acceptors (Lipinski definition) is 6. The summed E-state index contributed by atoms with van der Waals surface area (Å²) >= 11 is 0. The van der Waals surface area contributed by atoms with Crippen molar-refractivity contribution in [1.82, 2.24) is 9.97 Å². The van der Waals surface area contributed by atoms with Gasteiger partial charge in [-0.2, -0.15) is 0 Å². The van der Waals surface area contributed by atoms with Crippen molar-refractivity contribution >= 4 is 11.9 Å². The van der Waals surface area contributed by atoms with E-state index in [1.165, 1.54) is 0 Å². The van der Waals surface area contributed by atoms with E-state index in [2.05, 4.69) is 9.97 Å². The lowest BCUT2D eigenvalue weighted by molar-refractivity contribution is 0.0995. The van der Waals surface area contributed by atoms with Crippen LogP contribution in [0.3, 0.4) is 0 Å². The number of carbonyl (C=O) groups is 1. The summed E-state index contributed by atoms with van der Waals surface area (Å²) in [6.45, 7) is 5.41. The Morgan fingerprint density at radius 2 is 1.71 bits per heavy atom. The van der Waals surface area contributed by atoms with Gasteiger partial charge in [-0.25, -0.2) is 9.97 Å². The number of hydrogen-bond donors (Lipinski definition) is 1. The van der Waals surface area contributed by atoms with Gasteiger partial charge in [-0.05, 0) is 32.0 Å². The van der Waals surface area contributed by atoms with Crippen molar-refractivity contribution in [3.63, 3.8) is 0 Å². The quantitative estimate of drug-likeness (QED) is 0.836. The number of anilines is 1. The third-order valence-corrected chi connectivity index (χ3v) is 3.70. The van der Waals surface area contributed by atoms with Crippen LogP contribution >= 0.6 is 0 Å². The third kappa shape index (κ3) is 3.40. The molecule has 0 aliphatic heterocycles. The highest BCUT2D eigenvalue weighted by atomic mass is 16.5. The van der Waals surface area contributed by atoms with Gasteiger partial charge < -0.3 is 20.1 Å². The Kier molecular flexibility index (Phi) is 5.57. The SMILES string of the molecule is CCN(CC)c1nc(C(N)=O)cc(-c2c(OC)cccc2OC)n1. The predicted octanol–water partition coefficient (Wildman–Crippen LogP) is 2.11. The average Bonchev–Trinajstić information content (AvgIpc) is 2.61. The maximum atomic E-state index is 11.7. The molecule has 0 spiro atoms. The topological polar surface area (TPSA) is 90.6 Å². The molecule has 0 saturated carbocycles. The van der Waals surface area contributed by atoms with Crippen molar-refractivity contribution in [2.75, 3.05) is 32.2 Å². The van der Waals surface area contributed by atoms with Crippen LogP contribution in [0.4, 0.5) is 5.95 Å². The standard InChI is InChI=1S/C17H22N4O3/c1-5-21(6-2)17-19-11(10-12(20-17)16(18)22)15-13(23-3)8-7-9-14(15)24-4/h7-10H,5-6H2,1-4H3,(H2,18,22). The molecule has 24 heavy (non-hydrogen) atoms. The van der Waals surface area contributed by atoms with Gasteiger partial charge in [0.05, 0.1) is 25.5 Å². The van der Waals surface area contributed by atoms with Gasteiger partial charge in [0.15, 0.2) is 0 Å². The average molecular weight is 330 g/mol. The molecule has 0 atom stereocenters. The van der Waals surface area contributed by atoms with E-state index >= 15 is 0 Å². The molecule has 0 fully saturated rings. The molecule has 1 aromatic heterocycles. The lowest BCUT2D eigenvalue weighted by atomic mass is 10.1. The van der Waals surface area contributed by atoms with Gasteiger partial charge in [-0.15, -0.1) is 0 Å². The second-order valence-corrected chi connectivity index (χ2v) is 5.01. The molecule has 7 nitrogen and oxygen atoms in total. The summed E-state index contributed by atoms with van der Waals surface area (Å²) in [5, 5.41) is 0. The molecule has 128 valence electrons. The van der Waals surface area contributed by atoms with Gasteiger partial charge in [0, 0.05) is 13.1 Å². The molecule has 1 aromatic carbocycles. The molecule has 1 heterocycles. The van der Waals surface area contributed by atoms with Crippen LogP contribution in [0.25, 0.3) is 11.3 Å². The lowest BCUT2D eigenvalue weighted by Gasteiger charge is -2.20. The monoisotopic (exact) mass is 330 g/mol. The van der Waals surface area contributed by atoms with Crippen molar-refractivity contribution in [3.05, 3.63) is 30.0 Å². The van der Waals surface area contributed by atoms with Crippen LogP contribution in [0, 0.1) is 0 Å². The molecule has 0 saturated heterocycles. The summed E-state index contributed by atoms with van der Waals surface area (Å²) in [6, 6.07) is 6.99. The zero-order valence-electron chi connectivity index (χ0n) is 14.4. The van der Waals surface area contributed by atoms with E-state index < -0.39 is 5.91 Å². The number of amides is 1. The second-order valence-electron chi connectivity index (χ2n) is 5.01. The Hall–Kier alpha value is -2.83. The van der Waals surface area contributed by atoms with Crippen molar-refractivity contribution in [1.29, 1.82) is 0 Å². The number of aromatic nitrogens is 2. The molecule has 2 N–H and O–H groups in total. The van der Waals surface area contributed by atoms with Gasteiger partial charge in [0.2, 0.25) is 5.95 Å². The van der Waals surface area contributed by atoms with Gasteiger partial charge in [-0.3, -0.25) is 4.79 Å². The van der Waals surface area contributed by atoms with Crippen molar-refractivity contribution < 1.29 is 14.3 Å². The molecular formula is C17H22N4O3. The minimum absolute atomic E-state index is 0.148. The predicted molar refractivity (Wildman–Crippen MR) is 92.7 cm³/mol. The highest BCUT2D eigenvalue weighted by Crippen LogP contribution is 2.37. The molecule has 2 aromatic rings. The third-order valence-electron chi connectivity index (χ3n) is 3.70. The fourth-order valence-electron chi connectivity index (χ4n) is 2.44.